The van der Waals surface area contributed by atoms with E-state index in [0.29, 0.717) is 19.6 Å². The second kappa shape index (κ2) is 6.24. The summed E-state index contributed by atoms with van der Waals surface area (Å²) in [5.74, 6) is 1.60. The van der Waals surface area contributed by atoms with E-state index in [9.17, 15) is 0 Å². The number of methoxy groups -OCH3 is 1. The van der Waals surface area contributed by atoms with E-state index in [1.807, 2.05) is 31.2 Å². The maximum atomic E-state index is 5.56. The Morgan fingerprint density at radius 1 is 1.32 bits per heavy atom. The smallest absolute Gasteiger partial charge is 0.292 e. The molecule has 0 fully saturated rings. The molecule has 2 N–H and O–H groups in total. The van der Waals surface area contributed by atoms with E-state index in [-0.39, 0.29) is 6.01 Å². The minimum absolute atomic E-state index is 0.208. The topological polar surface area (TPSA) is 70.5 Å². The third kappa shape index (κ3) is 3.72. The van der Waals surface area contributed by atoms with Crippen LogP contribution < -0.4 is 10.5 Å². The van der Waals surface area contributed by atoms with Crippen LogP contribution in [-0.4, -0.2) is 25.3 Å². The van der Waals surface area contributed by atoms with Crippen molar-refractivity contribution in [2.24, 2.45) is 0 Å². The lowest BCUT2D eigenvalue weighted by Gasteiger charge is -2.07. The van der Waals surface area contributed by atoms with Crippen LogP contribution in [0.1, 0.15) is 17.0 Å². The monoisotopic (exact) mass is 262 g/mol. The first-order valence-corrected chi connectivity index (χ1v) is 6.11. The molecule has 0 radical (unpaired) electrons. The van der Waals surface area contributed by atoms with E-state index in [2.05, 4.69) is 4.98 Å². The molecule has 0 saturated heterocycles. The average molecular weight is 262 g/mol. The van der Waals surface area contributed by atoms with Crippen LogP contribution in [0.25, 0.3) is 0 Å². The number of benzene rings is 1. The van der Waals surface area contributed by atoms with Gasteiger partial charge in [-0.1, -0.05) is 12.1 Å². The third-order valence-electron chi connectivity index (χ3n) is 2.73. The molecule has 0 amide bonds. The molecule has 1 heterocycles. The summed E-state index contributed by atoms with van der Waals surface area (Å²) < 4.78 is 15.9. The van der Waals surface area contributed by atoms with Gasteiger partial charge in [0, 0.05) is 13.5 Å². The molecule has 0 aliphatic carbocycles. The van der Waals surface area contributed by atoms with Crippen LogP contribution in [0.15, 0.2) is 28.7 Å². The molecule has 0 saturated carbocycles. The number of oxazole rings is 1. The van der Waals surface area contributed by atoms with Gasteiger partial charge in [0.15, 0.2) is 0 Å². The predicted molar refractivity (Wildman–Crippen MR) is 72.3 cm³/mol. The van der Waals surface area contributed by atoms with Crippen molar-refractivity contribution >= 4 is 6.01 Å². The first kappa shape index (κ1) is 13.4. The van der Waals surface area contributed by atoms with Crippen molar-refractivity contribution in [3.05, 3.63) is 41.3 Å². The van der Waals surface area contributed by atoms with E-state index >= 15 is 0 Å². The fourth-order valence-electron chi connectivity index (χ4n) is 1.79. The summed E-state index contributed by atoms with van der Waals surface area (Å²) in [7, 11) is 1.65. The fourth-order valence-corrected chi connectivity index (χ4v) is 1.79. The molecule has 5 heteroatoms. The van der Waals surface area contributed by atoms with Crippen LogP contribution in [0.5, 0.6) is 5.75 Å². The van der Waals surface area contributed by atoms with Gasteiger partial charge in [0.1, 0.15) is 18.1 Å². The molecule has 0 spiro atoms. The summed E-state index contributed by atoms with van der Waals surface area (Å²) in [6.45, 7) is 2.99. The highest BCUT2D eigenvalue weighted by atomic mass is 16.5. The van der Waals surface area contributed by atoms with Gasteiger partial charge < -0.3 is 19.6 Å². The summed E-state index contributed by atoms with van der Waals surface area (Å²) in [4.78, 5) is 4.05. The van der Waals surface area contributed by atoms with Crippen LogP contribution in [-0.2, 0) is 11.2 Å². The standard InChI is InChI=1S/C14H18N2O3/c1-10-13(19-14(15)16-10)9-11-4-3-5-12(8-11)18-7-6-17-2/h3-5,8H,6-7,9H2,1-2H3,(H2,15,16). The number of nitrogens with two attached hydrogens (primary N) is 1. The Bertz CT molecular complexity index is 537. The molecule has 1 aromatic carbocycles. The molecule has 0 unspecified atom stereocenters. The molecule has 102 valence electrons. The minimum Gasteiger partial charge on any atom is -0.491 e. The maximum Gasteiger partial charge on any atom is 0.292 e. The van der Waals surface area contributed by atoms with Gasteiger partial charge in [0.05, 0.1) is 12.3 Å². The predicted octanol–water partition coefficient (Wildman–Crippen LogP) is 2.18. The van der Waals surface area contributed by atoms with E-state index in [0.717, 1.165) is 22.8 Å². The van der Waals surface area contributed by atoms with Gasteiger partial charge in [0.2, 0.25) is 0 Å². The van der Waals surface area contributed by atoms with Crippen LogP contribution in [0.3, 0.4) is 0 Å². The third-order valence-corrected chi connectivity index (χ3v) is 2.73. The highest BCUT2D eigenvalue weighted by molar-refractivity contribution is 5.32. The highest BCUT2D eigenvalue weighted by Gasteiger charge is 2.08. The zero-order valence-electron chi connectivity index (χ0n) is 11.2. The second-order valence-electron chi connectivity index (χ2n) is 4.23. The number of hydrogen-bond donors (Lipinski definition) is 1. The Balaban J connectivity index is 2.04. The Hall–Kier alpha value is -2.01. The van der Waals surface area contributed by atoms with E-state index in [4.69, 9.17) is 19.6 Å². The van der Waals surface area contributed by atoms with Gasteiger partial charge in [-0.05, 0) is 24.6 Å². The first-order valence-electron chi connectivity index (χ1n) is 6.11. The molecule has 0 aliphatic heterocycles. The van der Waals surface area contributed by atoms with Crippen LogP contribution >= 0.6 is 0 Å². The minimum atomic E-state index is 0.208. The highest BCUT2D eigenvalue weighted by Crippen LogP contribution is 2.19. The average Bonchev–Trinajstić information content (AvgIpc) is 2.69. The summed E-state index contributed by atoms with van der Waals surface area (Å²) in [5.41, 5.74) is 7.44. The van der Waals surface area contributed by atoms with Crippen molar-refractivity contribution < 1.29 is 13.9 Å². The number of aryl methyl sites for hydroxylation is 1. The molecule has 1 aromatic heterocycles. The van der Waals surface area contributed by atoms with Gasteiger partial charge in [-0.15, -0.1) is 0 Å². The van der Waals surface area contributed by atoms with Crippen molar-refractivity contribution in [1.29, 1.82) is 0 Å². The van der Waals surface area contributed by atoms with Crippen molar-refractivity contribution in [2.75, 3.05) is 26.1 Å². The fraction of sp³-hybridized carbons (Fsp3) is 0.357. The number of aromatic nitrogens is 1. The maximum absolute atomic E-state index is 5.56. The molecule has 5 nitrogen and oxygen atoms in total. The molecule has 2 rings (SSSR count). The van der Waals surface area contributed by atoms with Crippen molar-refractivity contribution in [1.82, 2.24) is 4.98 Å². The van der Waals surface area contributed by atoms with Crippen LogP contribution in [0.2, 0.25) is 0 Å². The zero-order valence-corrected chi connectivity index (χ0v) is 11.2. The normalized spacial score (nSPS) is 10.6. The molecule has 0 bridgehead atoms. The van der Waals surface area contributed by atoms with Gasteiger partial charge in [0.25, 0.3) is 6.01 Å². The second-order valence-corrected chi connectivity index (χ2v) is 4.23. The Morgan fingerprint density at radius 3 is 2.84 bits per heavy atom. The van der Waals surface area contributed by atoms with Gasteiger partial charge >= 0.3 is 0 Å². The van der Waals surface area contributed by atoms with E-state index < -0.39 is 0 Å². The quantitative estimate of drug-likeness (QED) is 0.808. The molecule has 0 atom stereocenters. The summed E-state index contributed by atoms with van der Waals surface area (Å²) in [6, 6.07) is 8.07. The lowest BCUT2D eigenvalue weighted by Crippen LogP contribution is -2.04. The molecule has 2 aromatic rings. The van der Waals surface area contributed by atoms with Gasteiger partial charge in [-0.2, -0.15) is 4.98 Å². The Labute approximate surface area is 112 Å². The zero-order chi connectivity index (χ0) is 13.7. The van der Waals surface area contributed by atoms with Crippen molar-refractivity contribution in [3.63, 3.8) is 0 Å². The molecular weight excluding hydrogens is 244 g/mol. The molecule has 0 aliphatic rings. The number of hydrogen-bond acceptors (Lipinski definition) is 5. The number of nitrogen functional groups attached to an aromatic ring is 1. The van der Waals surface area contributed by atoms with E-state index in [1.54, 1.807) is 7.11 Å². The summed E-state index contributed by atoms with van der Waals surface area (Å²) in [6.07, 6.45) is 0.650. The Kier molecular flexibility index (Phi) is 4.41. The largest absolute Gasteiger partial charge is 0.491 e. The summed E-state index contributed by atoms with van der Waals surface area (Å²) >= 11 is 0. The van der Waals surface area contributed by atoms with E-state index in [1.165, 1.54) is 0 Å². The number of anilines is 1. The summed E-state index contributed by atoms with van der Waals surface area (Å²) in [5, 5.41) is 0. The molecular formula is C14H18N2O3. The number of nitrogens with zero attached hydrogens (tertiary/aromatic N) is 1. The number of ether oxygens (including phenoxy) is 2. The van der Waals surface area contributed by atoms with Gasteiger partial charge in [-0.3, -0.25) is 0 Å². The first-order chi connectivity index (χ1) is 9.19. The lowest BCUT2D eigenvalue weighted by molar-refractivity contribution is 0.146. The van der Waals surface area contributed by atoms with Crippen LogP contribution in [0.4, 0.5) is 6.01 Å². The van der Waals surface area contributed by atoms with Crippen molar-refractivity contribution in [2.45, 2.75) is 13.3 Å². The Morgan fingerprint density at radius 2 is 2.16 bits per heavy atom. The van der Waals surface area contributed by atoms with Crippen LogP contribution in [0, 0.1) is 6.92 Å². The SMILES string of the molecule is COCCOc1cccc(Cc2oc(N)nc2C)c1. The van der Waals surface area contributed by atoms with Crippen molar-refractivity contribution in [3.8, 4) is 5.75 Å². The lowest BCUT2D eigenvalue weighted by atomic mass is 10.1. The number of rotatable bonds is 6. The molecule has 19 heavy (non-hydrogen) atoms. The van der Waals surface area contributed by atoms with Gasteiger partial charge in [-0.25, -0.2) is 0 Å².